The summed E-state index contributed by atoms with van der Waals surface area (Å²) in [6.45, 7) is 3.30. The molecule has 6 rings (SSSR count). The highest BCUT2D eigenvalue weighted by molar-refractivity contribution is 5.91. The summed E-state index contributed by atoms with van der Waals surface area (Å²) in [5.74, 6) is 4.64. The fraction of sp³-hybridized carbons (Fsp3) is 0.472. The lowest BCUT2D eigenvalue weighted by Crippen LogP contribution is -2.52. The van der Waals surface area contributed by atoms with Crippen LogP contribution in [0.25, 0.3) is 0 Å². The van der Waals surface area contributed by atoms with Crippen molar-refractivity contribution in [1.29, 1.82) is 0 Å². The largest absolute Gasteiger partial charge is 0.493 e. The second kappa shape index (κ2) is 23.2. The van der Waals surface area contributed by atoms with E-state index in [9.17, 15) is 9.59 Å². The molecule has 4 unspecified atom stereocenters. The molecule has 0 fully saturated rings. The first kappa shape index (κ1) is 51.9. The van der Waals surface area contributed by atoms with Gasteiger partial charge in [0.15, 0.2) is 46.0 Å². The highest BCUT2D eigenvalue weighted by Crippen LogP contribution is 2.53. The normalized spacial score (nSPS) is 19.4. The van der Waals surface area contributed by atoms with Crippen molar-refractivity contribution >= 4 is 11.9 Å². The van der Waals surface area contributed by atoms with Crippen LogP contribution in [-0.2, 0) is 38.3 Å². The summed E-state index contributed by atoms with van der Waals surface area (Å²) < 4.78 is 69.9. The average molecular weight is 959 g/mol. The molecular weight excluding hydrogens is 889 g/mol. The standard InChI is InChI=1S/C53H70N2O14/c1-54(23-19-35-29-42(60-5)43(61-6)33-38(35)39(54)27-34-15-16-40(58-3)41(28-34)59-4)21-13-25-68-47(56)17-18-48(57)69-26-14-22-55(2)24-20-36-30-46(64-9)52(66-11)53(67-12)49(36)50(55)37-31-44(62-7)51(65-10)45(32-37)63-8/h15-18,28-33,39,50H,13-14,19-27H2,1-12H3/q+2/b18-17+. The summed E-state index contributed by atoms with van der Waals surface area (Å²) in [7, 11) is 20.5. The molecule has 0 aromatic heterocycles. The maximum Gasteiger partial charge on any atom is 0.331 e. The Hall–Kier alpha value is -6.52. The first-order valence-electron chi connectivity index (χ1n) is 23.1. The molecule has 0 saturated carbocycles. The molecule has 0 spiro atoms. The van der Waals surface area contributed by atoms with Gasteiger partial charge in [-0.15, -0.1) is 0 Å². The Morgan fingerprint density at radius 2 is 1.00 bits per heavy atom. The van der Waals surface area contributed by atoms with Gasteiger partial charge < -0.3 is 65.8 Å². The number of quaternary nitrogens is 2. The third-order valence-electron chi connectivity index (χ3n) is 13.7. The maximum atomic E-state index is 12.9. The van der Waals surface area contributed by atoms with Crippen molar-refractivity contribution in [2.45, 2.75) is 44.2 Å². The number of esters is 2. The van der Waals surface area contributed by atoms with Crippen molar-refractivity contribution in [2.75, 3.05) is 125 Å². The van der Waals surface area contributed by atoms with E-state index in [2.05, 4.69) is 32.3 Å². The predicted octanol–water partition coefficient (Wildman–Crippen LogP) is 7.27. The number of methoxy groups -OCH3 is 10. The molecule has 69 heavy (non-hydrogen) atoms. The Balaban J connectivity index is 1.09. The smallest absolute Gasteiger partial charge is 0.331 e. The van der Waals surface area contributed by atoms with E-state index in [0.29, 0.717) is 85.8 Å². The fourth-order valence-electron chi connectivity index (χ4n) is 10.2. The van der Waals surface area contributed by atoms with Crippen LogP contribution < -0.4 is 47.4 Å². The molecule has 0 bridgehead atoms. The molecule has 374 valence electrons. The molecule has 0 aliphatic carbocycles. The SMILES string of the molecule is COc1ccc(CC2c3cc(OC)c(OC)cc3CC[N+]2(C)CCCOC(=O)/C=C/C(=O)OCCC[N+]2(C)CCc3cc(OC)c(OC)c(OC)c3C2c2cc(OC)c(OC)c(OC)c2)cc1OC. The highest BCUT2D eigenvalue weighted by Gasteiger charge is 2.45. The van der Waals surface area contributed by atoms with E-state index in [4.69, 9.17) is 56.8 Å². The van der Waals surface area contributed by atoms with Crippen LogP contribution in [0.15, 0.2) is 60.7 Å². The minimum atomic E-state index is -0.631. The van der Waals surface area contributed by atoms with Crippen LogP contribution in [-0.4, -0.2) is 145 Å². The molecule has 0 saturated heterocycles. The van der Waals surface area contributed by atoms with E-state index in [1.165, 1.54) is 11.1 Å². The van der Waals surface area contributed by atoms with Gasteiger partial charge in [-0.1, -0.05) is 6.07 Å². The molecule has 2 aliphatic rings. The quantitative estimate of drug-likeness (QED) is 0.0318. The summed E-state index contributed by atoms with van der Waals surface area (Å²) in [4.78, 5) is 25.8. The van der Waals surface area contributed by atoms with Crippen LogP contribution in [0.1, 0.15) is 58.3 Å². The first-order valence-corrected chi connectivity index (χ1v) is 23.1. The monoisotopic (exact) mass is 958 g/mol. The van der Waals surface area contributed by atoms with E-state index in [0.717, 1.165) is 73.3 Å². The Morgan fingerprint density at radius 3 is 1.55 bits per heavy atom. The van der Waals surface area contributed by atoms with Crippen LogP contribution >= 0.6 is 0 Å². The van der Waals surface area contributed by atoms with Crippen molar-refractivity contribution in [3.63, 3.8) is 0 Å². The number of rotatable bonds is 23. The van der Waals surface area contributed by atoms with Gasteiger partial charge in [0.25, 0.3) is 0 Å². The summed E-state index contributed by atoms with van der Waals surface area (Å²) in [5, 5.41) is 0. The van der Waals surface area contributed by atoms with Gasteiger partial charge in [-0.05, 0) is 59.2 Å². The molecule has 2 aliphatic heterocycles. The molecule has 0 radical (unpaired) electrons. The minimum Gasteiger partial charge on any atom is -0.493 e. The van der Waals surface area contributed by atoms with Crippen molar-refractivity contribution in [3.05, 3.63) is 94.1 Å². The second-order valence-electron chi connectivity index (χ2n) is 17.6. The van der Waals surface area contributed by atoms with Gasteiger partial charge >= 0.3 is 11.9 Å². The maximum absolute atomic E-state index is 12.9. The lowest BCUT2D eigenvalue weighted by Gasteiger charge is -2.46. The Bertz CT molecular complexity index is 2450. The van der Waals surface area contributed by atoms with E-state index in [1.54, 1.807) is 71.1 Å². The number of ether oxygens (including phenoxy) is 12. The molecule has 16 heteroatoms. The van der Waals surface area contributed by atoms with Crippen LogP contribution in [0.3, 0.4) is 0 Å². The topological polar surface area (TPSA) is 145 Å². The molecular formula is C53H70N2O14+2. The van der Waals surface area contributed by atoms with Crippen molar-refractivity contribution < 1.29 is 75.4 Å². The Kier molecular flexibility index (Phi) is 17.4. The molecule has 0 amide bonds. The lowest BCUT2D eigenvalue weighted by molar-refractivity contribution is -0.941. The first-order chi connectivity index (χ1) is 33.3. The van der Waals surface area contributed by atoms with Gasteiger partial charge in [0.2, 0.25) is 11.5 Å². The van der Waals surface area contributed by atoms with Crippen LogP contribution in [0.2, 0.25) is 0 Å². The molecule has 16 nitrogen and oxygen atoms in total. The van der Waals surface area contributed by atoms with Gasteiger partial charge in [-0.3, -0.25) is 0 Å². The number of carbonyl (C=O) groups excluding carboxylic acids is 2. The van der Waals surface area contributed by atoms with Crippen LogP contribution in [0, 0.1) is 0 Å². The van der Waals surface area contributed by atoms with Gasteiger partial charge in [0.05, 0.1) is 130 Å². The number of likely N-dealkylation sites (N-methyl/N-ethyl adjacent to an activating group) is 2. The van der Waals surface area contributed by atoms with Gasteiger partial charge in [0, 0.05) is 55.4 Å². The number of fused-ring (bicyclic) bond motifs is 2. The average Bonchev–Trinajstić information content (AvgIpc) is 3.37. The van der Waals surface area contributed by atoms with Crippen molar-refractivity contribution in [1.82, 2.24) is 0 Å². The zero-order valence-corrected chi connectivity index (χ0v) is 42.3. The Labute approximate surface area is 406 Å². The molecule has 4 atom stereocenters. The number of nitrogens with zero attached hydrogens (tertiary/aromatic N) is 2. The van der Waals surface area contributed by atoms with E-state index in [1.807, 2.05) is 30.3 Å². The number of hydrogen-bond donors (Lipinski definition) is 0. The highest BCUT2D eigenvalue weighted by atomic mass is 16.6. The molecule has 0 N–H and O–H groups in total. The lowest BCUT2D eigenvalue weighted by atomic mass is 9.84. The van der Waals surface area contributed by atoms with Crippen molar-refractivity contribution in [2.24, 2.45) is 0 Å². The predicted molar refractivity (Wildman–Crippen MR) is 259 cm³/mol. The van der Waals surface area contributed by atoms with Gasteiger partial charge in [-0.2, -0.15) is 0 Å². The third-order valence-corrected chi connectivity index (χ3v) is 13.7. The number of carbonyl (C=O) groups is 2. The number of hydrogen-bond acceptors (Lipinski definition) is 14. The zero-order valence-electron chi connectivity index (χ0n) is 42.3. The summed E-state index contributed by atoms with van der Waals surface area (Å²) >= 11 is 0. The molecule has 4 aromatic carbocycles. The summed E-state index contributed by atoms with van der Waals surface area (Å²) in [6, 6.07) is 15.9. The minimum absolute atomic E-state index is 0.0585. The third kappa shape index (κ3) is 11.2. The second-order valence-corrected chi connectivity index (χ2v) is 17.6. The summed E-state index contributed by atoms with van der Waals surface area (Å²) in [5.41, 5.74) is 6.42. The molecule has 4 aromatic rings. The van der Waals surface area contributed by atoms with Crippen molar-refractivity contribution in [3.8, 4) is 57.5 Å². The fourth-order valence-corrected chi connectivity index (χ4v) is 10.2. The number of benzene rings is 4. The summed E-state index contributed by atoms with van der Waals surface area (Å²) in [6.07, 6.45) is 5.68. The van der Waals surface area contributed by atoms with Crippen LogP contribution in [0.4, 0.5) is 0 Å². The van der Waals surface area contributed by atoms with E-state index in [-0.39, 0.29) is 25.3 Å². The van der Waals surface area contributed by atoms with E-state index < -0.39 is 11.9 Å². The van der Waals surface area contributed by atoms with E-state index >= 15 is 0 Å². The molecule has 2 heterocycles. The van der Waals surface area contributed by atoms with Crippen LogP contribution in [0.5, 0.6) is 57.5 Å². The Morgan fingerprint density at radius 1 is 0.522 bits per heavy atom. The van der Waals surface area contributed by atoms with Gasteiger partial charge in [0.1, 0.15) is 12.1 Å². The zero-order chi connectivity index (χ0) is 49.9. The van der Waals surface area contributed by atoms with Gasteiger partial charge in [-0.25, -0.2) is 9.59 Å².